The van der Waals surface area contributed by atoms with Crippen molar-refractivity contribution in [2.75, 3.05) is 17.8 Å². The highest BCUT2D eigenvalue weighted by Crippen LogP contribution is 1.91. The van der Waals surface area contributed by atoms with Gasteiger partial charge in [-0.1, -0.05) is 0 Å². The molecule has 0 aromatic heterocycles. The van der Waals surface area contributed by atoms with Crippen LogP contribution in [0, 0.1) is 0 Å². The van der Waals surface area contributed by atoms with Gasteiger partial charge >= 0.3 is 0 Å². The topological polar surface area (TPSA) is 60.2 Å². The highest BCUT2D eigenvalue weighted by molar-refractivity contribution is 7.99. The number of sulfonamides is 1. The molecule has 0 radical (unpaired) electrons. The van der Waals surface area contributed by atoms with E-state index in [-0.39, 0.29) is 5.75 Å². The maximum Gasteiger partial charge on any atom is 0.209 e. The first-order valence-corrected chi connectivity index (χ1v) is 5.16. The van der Waals surface area contributed by atoms with Gasteiger partial charge in [-0.05, 0) is 6.26 Å². The molecule has 50 valence electrons. The van der Waals surface area contributed by atoms with Gasteiger partial charge in [-0.25, -0.2) is 13.6 Å². The molecule has 0 saturated heterocycles. The van der Waals surface area contributed by atoms with Gasteiger partial charge in [0.1, 0.15) is 0 Å². The molecule has 0 spiro atoms. The molecule has 0 bridgehead atoms. The van der Waals surface area contributed by atoms with Crippen molar-refractivity contribution in [1.82, 2.24) is 0 Å². The zero-order chi connectivity index (χ0) is 6.62. The zero-order valence-electron chi connectivity index (χ0n) is 4.62. The van der Waals surface area contributed by atoms with E-state index in [0.717, 1.165) is 0 Å². The molecule has 2 N–H and O–H groups in total. The largest absolute Gasteiger partial charge is 0.229 e. The summed E-state index contributed by atoms with van der Waals surface area (Å²) in [7, 11) is -3.21. The second-order valence-corrected chi connectivity index (χ2v) is 4.08. The van der Waals surface area contributed by atoms with E-state index in [9.17, 15) is 8.42 Å². The summed E-state index contributed by atoms with van der Waals surface area (Å²) in [4.78, 5) is 0. The Morgan fingerprint density at radius 3 is 2.25 bits per heavy atom. The number of nitrogens with two attached hydrogens (primary N) is 1. The smallest absolute Gasteiger partial charge is 0.209 e. The molecule has 3 nitrogen and oxygen atoms in total. The molecule has 0 heterocycles. The normalized spacial score (nSPS) is 11.8. The Bertz CT molecular complexity index is 139. The summed E-state index contributed by atoms with van der Waals surface area (Å²) in [6, 6.07) is 0. The molecule has 0 fully saturated rings. The molecule has 5 heteroatoms. The van der Waals surface area contributed by atoms with Gasteiger partial charge in [0.25, 0.3) is 0 Å². The van der Waals surface area contributed by atoms with Crippen LogP contribution in [0.1, 0.15) is 0 Å². The molecule has 0 saturated carbocycles. The SMILES string of the molecule is CSCCS(N)(=O)=O. The average Bonchev–Trinajstić information content (AvgIpc) is 1.59. The minimum atomic E-state index is -3.21. The lowest BCUT2D eigenvalue weighted by molar-refractivity contribution is 0.599. The van der Waals surface area contributed by atoms with Crippen LogP contribution in [0.2, 0.25) is 0 Å². The molecule has 0 aliphatic carbocycles. The third kappa shape index (κ3) is 6.26. The van der Waals surface area contributed by atoms with Crippen molar-refractivity contribution in [3.63, 3.8) is 0 Å². The monoisotopic (exact) mass is 155 g/mol. The lowest BCUT2D eigenvalue weighted by Crippen LogP contribution is -2.17. The second kappa shape index (κ2) is 3.32. The Balaban J connectivity index is 3.42. The Labute approximate surface area is 53.7 Å². The maximum absolute atomic E-state index is 10.2. The van der Waals surface area contributed by atoms with E-state index in [1.807, 2.05) is 6.26 Å². The summed E-state index contributed by atoms with van der Waals surface area (Å²) in [6.45, 7) is 0. The van der Waals surface area contributed by atoms with E-state index in [1.165, 1.54) is 11.8 Å². The zero-order valence-corrected chi connectivity index (χ0v) is 6.26. The minimum absolute atomic E-state index is 0.0775. The van der Waals surface area contributed by atoms with Crippen LogP contribution in [0.5, 0.6) is 0 Å². The maximum atomic E-state index is 10.2. The Morgan fingerprint density at radius 1 is 1.62 bits per heavy atom. The van der Waals surface area contributed by atoms with E-state index in [4.69, 9.17) is 0 Å². The number of rotatable bonds is 3. The van der Waals surface area contributed by atoms with Crippen molar-refractivity contribution in [2.45, 2.75) is 0 Å². The summed E-state index contributed by atoms with van der Waals surface area (Å²) < 4.78 is 20.3. The highest BCUT2D eigenvalue weighted by atomic mass is 32.2. The molecule has 0 atom stereocenters. The summed E-state index contributed by atoms with van der Waals surface area (Å²) >= 11 is 1.47. The summed E-state index contributed by atoms with van der Waals surface area (Å²) in [5.41, 5.74) is 0. The van der Waals surface area contributed by atoms with Crippen LogP contribution in [-0.4, -0.2) is 26.2 Å². The van der Waals surface area contributed by atoms with Crippen LogP contribution < -0.4 is 5.14 Å². The van der Waals surface area contributed by atoms with Crippen LogP contribution in [-0.2, 0) is 10.0 Å². The molecule has 0 unspecified atom stereocenters. The molecule has 0 rings (SSSR count). The predicted octanol–water partition coefficient (Wildman–Crippen LogP) is -0.362. The molecule has 0 aromatic carbocycles. The first-order valence-electron chi connectivity index (χ1n) is 2.05. The average molecular weight is 155 g/mol. The Morgan fingerprint density at radius 2 is 2.12 bits per heavy atom. The van der Waals surface area contributed by atoms with Crippen molar-refractivity contribution in [1.29, 1.82) is 0 Å². The van der Waals surface area contributed by atoms with Gasteiger partial charge in [0.2, 0.25) is 10.0 Å². The van der Waals surface area contributed by atoms with Crippen molar-refractivity contribution in [3.8, 4) is 0 Å². The lowest BCUT2D eigenvalue weighted by atomic mass is 11.0. The first-order chi connectivity index (χ1) is 3.56. The standard InChI is InChI=1S/C3H9NO2S2/c1-7-2-3-8(4,5)6/h2-3H2,1H3,(H2,4,5,6). The van der Waals surface area contributed by atoms with E-state index in [1.54, 1.807) is 0 Å². The molecule has 0 amide bonds. The summed E-state index contributed by atoms with van der Waals surface area (Å²) in [5, 5.41) is 4.68. The fraction of sp³-hybridized carbons (Fsp3) is 1.00. The minimum Gasteiger partial charge on any atom is -0.229 e. The van der Waals surface area contributed by atoms with E-state index < -0.39 is 10.0 Å². The fourth-order valence-electron chi connectivity index (χ4n) is 0.199. The van der Waals surface area contributed by atoms with Crippen LogP contribution >= 0.6 is 11.8 Å². The number of thioether (sulfide) groups is 1. The molecule has 8 heavy (non-hydrogen) atoms. The number of hydrogen-bond donors (Lipinski definition) is 1. The van der Waals surface area contributed by atoms with Gasteiger partial charge < -0.3 is 0 Å². The third-order valence-electron chi connectivity index (χ3n) is 0.572. The molecular weight excluding hydrogens is 146 g/mol. The molecule has 0 aliphatic heterocycles. The van der Waals surface area contributed by atoms with E-state index >= 15 is 0 Å². The van der Waals surface area contributed by atoms with Crippen molar-refractivity contribution < 1.29 is 8.42 Å². The first kappa shape index (κ1) is 8.26. The van der Waals surface area contributed by atoms with Gasteiger partial charge in [-0.3, -0.25) is 0 Å². The van der Waals surface area contributed by atoms with Gasteiger partial charge in [-0.15, -0.1) is 0 Å². The molecule has 0 aliphatic rings. The van der Waals surface area contributed by atoms with Crippen LogP contribution in [0.25, 0.3) is 0 Å². The quantitative estimate of drug-likeness (QED) is 0.605. The van der Waals surface area contributed by atoms with Crippen LogP contribution in [0.3, 0.4) is 0 Å². The molecular formula is C3H9NO2S2. The molecule has 0 aromatic rings. The third-order valence-corrected chi connectivity index (χ3v) is 2.22. The van der Waals surface area contributed by atoms with Gasteiger partial charge in [0.05, 0.1) is 5.75 Å². The van der Waals surface area contributed by atoms with Gasteiger partial charge in [0.15, 0.2) is 0 Å². The Kier molecular flexibility index (Phi) is 3.43. The predicted molar refractivity (Wildman–Crippen MR) is 36.4 cm³/mol. The number of hydrogen-bond acceptors (Lipinski definition) is 3. The van der Waals surface area contributed by atoms with Crippen LogP contribution in [0.15, 0.2) is 0 Å². The van der Waals surface area contributed by atoms with E-state index in [2.05, 4.69) is 5.14 Å². The van der Waals surface area contributed by atoms with Gasteiger partial charge in [0, 0.05) is 5.75 Å². The fourth-order valence-corrected chi connectivity index (χ4v) is 1.80. The van der Waals surface area contributed by atoms with Crippen molar-refractivity contribution in [2.24, 2.45) is 5.14 Å². The summed E-state index contributed by atoms with van der Waals surface area (Å²) in [5.74, 6) is 0.660. The lowest BCUT2D eigenvalue weighted by Gasteiger charge is -1.91. The highest BCUT2D eigenvalue weighted by Gasteiger charge is 1.98. The second-order valence-electron chi connectivity index (χ2n) is 1.36. The van der Waals surface area contributed by atoms with Crippen molar-refractivity contribution in [3.05, 3.63) is 0 Å². The Hall–Kier alpha value is 0.260. The van der Waals surface area contributed by atoms with E-state index in [0.29, 0.717) is 5.75 Å². The summed E-state index contributed by atoms with van der Waals surface area (Å²) in [6.07, 6.45) is 1.84. The van der Waals surface area contributed by atoms with Crippen LogP contribution in [0.4, 0.5) is 0 Å². The van der Waals surface area contributed by atoms with Gasteiger partial charge in [-0.2, -0.15) is 11.8 Å². The van der Waals surface area contributed by atoms with Crippen molar-refractivity contribution >= 4 is 21.8 Å². The number of primary sulfonamides is 1.